The van der Waals surface area contributed by atoms with Gasteiger partial charge in [0.25, 0.3) is 0 Å². The van der Waals surface area contributed by atoms with Crippen LogP contribution >= 0.6 is 15.9 Å². The van der Waals surface area contributed by atoms with Crippen molar-refractivity contribution in [3.63, 3.8) is 0 Å². The van der Waals surface area contributed by atoms with Gasteiger partial charge in [-0.2, -0.15) is 0 Å². The fraction of sp³-hybridized carbons (Fsp3) is 0.429. The molecule has 0 saturated carbocycles. The lowest BCUT2D eigenvalue weighted by Crippen LogP contribution is -1.83. The fourth-order valence-electron chi connectivity index (χ4n) is 2.10. The molecule has 1 nitrogen and oxygen atoms in total. The van der Waals surface area contributed by atoms with Crippen molar-refractivity contribution < 1.29 is 0 Å². The summed E-state index contributed by atoms with van der Waals surface area (Å²) in [6.07, 6.45) is 8.65. The lowest BCUT2D eigenvalue weighted by Gasteiger charge is -1.99. The maximum atomic E-state index is 3.53. The standard InChI is InChI=1S/C14H18BrN/c1-2-3-4-5-6-11-10-16-14-8-7-12(15)9-13(11)14/h7-10,16H,2-6H2,1H3. The number of hydrogen-bond acceptors (Lipinski definition) is 0. The topological polar surface area (TPSA) is 15.8 Å². The van der Waals surface area contributed by atoms with Gasteiger partial charge in [0.15, 0.2) is 0 Å². The summed E-state index contributed by atoms with van der Waals surface area (Å²) in [7, 11) is 0. The molecule has 2 aromatic rings. The van der Waals surface area contributed by atoms with E-state index in [1.807, 2.05) is 0 Å². The molecule has 0 aliphatic heterocycles. The van der Waals surface area contributed by atoms with E-state index in [4.69, 9.17) is 0 Å². The first-order valence-corrected chi connectivity index (χ1v) is 6.86. The van der Waals surface area contributed by atoms with E-state index < -0.39 is 0 Å². The molecule has 0 atom stereocenters. The highest BCUT2D eigenvalue weighted by atomic mass is 79.9. The molecule has 0 radical (unpaired) electrons. The van der Waals surface area contributed by atoms with E-state index in [2.05, 4.69) is 52.2 Å². The van der Waals surface area contributed by atoms with Crippen molar-refractivity contribution in [1.82, 2.24) is 4.98 Å². The number of unbranched alkanes of at least 4 members (excludes halogenated alkanes) is 3. The minimum Gasteiger partial charge on any atom is -0.361 e. The van der Waals surface area contributed by atoms with Gasteiger partial charge >= 0.3 is 0 Å². The van der Waals surface area contributed by atoms with Crippen LogP contribution in [0.1, 0.15) is 38.2 Å². The Balaban J connectivity index is 2.09. The third-order valence-corrected chi connectivity index (χ3v) is 3.52. The SMILES string of the molecule is CCCCCCc1c[nH]c2ccc(Br)cc12. The van der Waals surface area contributed by atoms with Crippen LogP contribution in [-0.4, -0.2) is 4.98 Å². The number of H-pyrrole nitrogens is 1. The largest absolute Gasteiger partial charge is 0.361 e. The molecule has 0 amide bonds. The van der Waals surface area contributed by atoms with Crippen molar-refractivity contribution in [3.05, 3.63) is 34.4 Å². The number of hydrogen-bond donors (Lipinski definition) is 1. The number of halogens is 1. The molecule has 1 aromatic heterocycles. The Morgan fingerprint density at radius 3 is 2.88 bits per heavy atom. The first-order valence-electron chi connectivity index (χ1n) is 6.07. The van der Waals surface area contributed by atoms with Crippen molar-refractivity contribution >= 4 is 26.8 Å². The number of benzene rings is 1. The normalized spacial score (nSPS) is 11.1. The highest BCUT2D eigenvalue weighted by Crippen LogP contribution is 2.24. The van der Waals surface area contributed by atoms with Crippen molar-refractivity contribution in [2.24, 2.45) is 0 Å². The van der Waals surface area contributed by atoms with Crippen LogP contribution in [0.25, 0.3) is 10.9 Å². The number of nitrogens with one attached hydrogen (secondary N) is 1. The van der Waals surface area contributed by atoms with Crippen LogP contribution in [-0.2, 0) is 6.42 Å². The van der Waals surface area contributed by atoms with E-state index in [0.717, 1.165) is 4.47 Å². The predicted molar refractivity (Wildman–Crippen MR) is 73.8 cm³/mol. The highest BCUT2D eigenvalue weighted by Gasteiger charge is 2.03. The average Bonchev–Trinajstić information content (AvgIpc) is 2.67. The third-order valence-electron chi connectivity index (χ3n) is 3.03. The van der Waals surface area contributed by atoms with Gasteiger partial charge in [-0.15, -0.1) is 0 Å². The molecule has 1 aromatic carbocycles. The smallest absolute Gasteiger partial charge is 0.0457 e. The monoisotopic (exact) mass is 279 g/mol. The number of aromatic amines is 1. The summed E-state index contributed by atoms with van der Waals surface area (Å²) in [6.45, 7) is 2.25. The van der Waals surface area contributed by atoms with E-state index in [0.29, 0.717) is 0 Å². The minimum atomic E-state index is 1.16. The molecule has 2 heteroatoms. The summed E-state index contributed by atoms with van der Waals surface area (Å²) in [5, 5.41) is 1.37. The van der Waals surface area contributed by atoms with E-state index in [-0.39, 0.29) is 0 Å². The quantitative estimate of drug-likeness (QED) is 0.737. The molecular formula is C14H18BrN. The Morgan fingerprint density at radius 2 is 2.06 bits per heavy atom. The number of rotatable bonds is 5. The molecule has 2 rings (SSSR count). The molecule has 0 unspecified atom stereocenters. The predicted octanol–water partition coefficient (Wildman–Crippen LogP) is 5.05. The number of aryl methyl sites for hydroxylation is 1. The van der Waals surface area contributed by atoms with Gasteiger partial charge in [0.05, 0.1) is 0 Å². The maximum Gasteiger partial charge on any atom is 0.0457 e. The lowest BCUT2D eigenvalue weighted by molar-refractivity contribution is 0.668. The van der Waals surface area contributed by atoms with Gasteiger partial charge in [-0.3, -0.25) is 0 Å². The van der Waals surface area contributed by atoms with Crippen LogP contribution in [0.4, 0.5) is 0 Å². The summed E-state index contributed by atoms with van der Waals surface area (Å²) in [4.78, 5) is 3.34. The molecule has 86 valence electrons. The zero-order valence-electron chi connectivity index (χ0n) is 9.72. The lowest BCUT2D eigenvalue weighted by atomic mass is 10.1. The van der Waals surface area contributed by atoms with Gasteiger partial charge in [0.2, 0.25) is 0 Å². The molecule has 16 heavy (non-hydrogen) atoms. The summed E-state index contributed by atoms with van der Waals surface area (Å²) in [5.74, 6) is 0. The fourth-order valence-corrected chi connectivity index (χ4v) is 2.46. The van der Waals surface area contributed by atoms with Gasteiger partial charge in [0, 0.05) is 21.6 Å². The first-order chi connectivity index (χ1) is 7.81. The van der Waals surface area contributed by atoms with Crippen molar-refractivity contribution in [3.8, 4) is 0 Å². The van der Waals surface area contributed by atoms with Crippen molar-refractivity contribution in [1.29, 1.82) is 0 Å². The van der Waals surface area contributed by atoms with E-state index in [1.54, 1.807) is 0 Å². The van der Waals surface area contributed by atoms with Gasteiger partial charge in [0.1, 0.15) is 0 Å². The van der Waals surface area contributed by atoms with Crippen LogP contribution in [0.3, 0.4) is 0 Å². The van der Waals surface area contributed by atoms with Crippen LogP contribution < -0.4 is 0 Å². The van der Waals surface area contributed by atoms with Crippen LogP contribution in [0, 0.1) is 0 Å². The van der Waals surface area contributed by atoms with Gasteiger partial charge in [-0.1, -0.05) is 42.1 Å². The maximum absolute atomic E-state index is 3.53. The van der Waals surface area contributed by atoms with Crippen LogP contribution in [0.15, 0.2) is 28.9 Å². The van der Waals surface area contributed by atoms with Crippen molar-refractivity contribution in [2.45, 2.75) is 39.0 Å². The summed E-state index contributed by atoms with van der Waals surface area (Å²) in [5.41, 5.74) is 2.70. The molecule has 0 spiro atoms. The Bertz CT molecular complexity index is 459. The number of fused-ring (bicyclic) bond motifs is 1. The number of aromatic nitrogens is 1. The minimum absolute atomic E-state index is 1.16. The molecule has 0 aliphatic carbocycles. The molecule has 0 saturated heterocycles. The highest BCUT2D eigenvalue weighted by molar-refractivity contribution is 9.10. The van der Waals surface area contributed by atoms with Gasteiger partial charge in [-0.25, -0.2) is 0 Å². The van der Waals surface area contributed by atoms with E-state index in [9.17, 15) is 0 Å². The molecule has 1 N–H and O–H groups in total. The molecule has 0 bridgehead atoms. The Morgan fingerprint density at radius 1 is 1.19 bits per heavy atom. The van der Waals surface area contributed by atoms with Gasteiger partial charge in [-0.05, 0) is 36.6 Å². The zero-order chi connectivity index (χ0) is 11.4. The Kier molecular flexibility index (Phi) is 4.05. The second-order valence-corrected chi connectivity index (χ2v) is 5.23. The van der Waals surface area contributed by atoms with E-state index in [1.165, 1.54) is 48.6 Å². The second-order valence-electron chi connectivity index (χ2n) is 4.31. The zero-order valence-corrected chi connectivity index (χ0v) is 11.3. The van der Waals surface area contributed by atoms with Gasteiger partial charge < -0.3 is 4.98 Å². The summed E-state index contributed by atoms with van der Waals surface area (Å²) in [6, 6.07) is 6.43. The molecule has 0 fully saturated rings. The third kappa shape index (κ3) is 2.67. The van der Waals surface area contributed by atoms with Crippen LogP contribution in [0.5, 0.6) is 0 Å². The molecular weight excluding hydrogens is 262 g/mol. The summed E-state index contributed by atoms with van der Waals surface area (Å²) < 4.78 is 1.16. The average molecular weight is 280 g/mol. The molecule has 0 aliphatic rings. The van der Waals surface area contributed by atoms with Crippen LogP contribution in [0.2, 0.25) is 0 Å². The van der Waals surface area contributed by atoms with E-state index >= 15 is 0 Å². The Labute approximate surface area is 105 Å². The van der Waals surface area contributed by atoms with Crippen molar-refractivity contribution in [2.75, 3.05) is 0 Å². The Hall–Kier alpha value is -0.760. The molecule has 1 heterocycles. The second kappa shape index (κ2) is 5.53. The first kappa shape index (κ1) is 11.7. The summed E-state index contributed by atoms with van der Waals surface area (Å²) >= 11 is 3.53.